The van der Waals surface area contributed by atoms with Crippen LogP contribution in [0.5, 0.6) is 0 Å². The second-order valence-corrected chi connectivity index (χ2v) is 9.20. The van der Waals surface area contributed by atoms with Crippen molar-refractivity contribution in [1.82, 2.24) is 13.9 Å². The molecule has 0 aromatic heterocycles. The van der Waals surface area contributed by atoms with Gasteiger partial charge < -0.3 is 0 Å². The van der Waals surface area contributed by atoms with E-state index in [9.17, 15) is 8.42 Å². The molecule has 4 rings (SSSR count). The molecule has 0 spiro atoms. The van der Waals surface area contributed by atoms with Gasteiger partial charge in [0.1, 0.15) is 0 Å². The lowest BCUT2D eigenvalue weighted by Crippen LogP contribution is -2.41. The van der Waals surface area contributed by atoms with E-state index < -0.39 is 10.2 Å². The molecular formula is C18H27N3O2S. The van der Waals surface area contributed by atoms with E-state index in [0.29, 0.717) is 31.6 Å². The number of nitrogens with zero attached hydrogens (tertiary/aromatic N) is 2. The summed E-state index contributed by atoms with van der Waals surface area (Å²) in [7, 11) is -3.26. The number of hydrogen-bond donors (Lipinski definition) is 1. The van der Waals surface area contributed by atoms with E-state index in [-0.39, 0.29) is 0 Å². The zero-order valence-electron chi connectivity index (χ0n) is 14.2. The van der Waals surface area contributed by atoms with Gasteiger partial charge in [-0.05, 0) is 55.7 Å². The van der Waals surface area contributed by atoms with Crippen molar-refractivity contribution in [3.8, 4) is 0 Å². The molecule has 1 unspecified atom stereocenters. The van der Waals surface area contributed by atoms with E-state index in [2.05, 4.69) is 33.9 Å². The summed E-state index contributed by atoms with van der Waals surface area (Å²) >= 11 is 0. The van der Waals surface area contributed by atoms with Crippen molar-refractivity contribution in [3.05, 3.63) is 35.4 Å². The SMILES string of the molecule is O=S(=O)(NCC1CCN(C2Cc3ccccc3C2)C1)N1CCCC1. The van der Waals surface area contributed by atoms with E-state index in [1.807, 2.05) is 0 Å². The van der Waals surface area contributed by atoms with Gasteiger partial charge >= 0.3 is 0 Å². The Morgan fingerprint density at radius 3 is 2.38 bits per heavy atom. The number of likely N-dealkylation sites (tertiary alicyclic amines) is 1. The van der Waals surface area contributed by atoms with Crippen molar-refractivity contribution in [2.24, 2.45) is 5.92 Å². The van der Waals surface area contributed by atoms with Gasteiger partial charge in [0, 0.05) is 32.2 Å². The molecule has 1 aromatic rings. The molecule has 6 heteroatoms. The summed E-state index contributed by atoms with van der Waals surface area (Å²) in [6.07, 6.45) is 5.35. The Morgan fingerprint density at radius 2 is 1.71 bits per heavy atom. The van der Waals surface area contributed by atoms with Gasteiger partial charge in [-0.25, -0.2) is 4.72 Å². The Balaban J connectivity index is 1.28. The number of benzene rings is 1. The Kier molecular flexibility index (Phi) is 4.64. The molecular weight excluding hydrogens is 322 g/mol. The maximum absolute atomic E-state index is 12.3. The largest absolute Gasteiger partial charge is 0.299 e. The summed E-state index contributed by atoms with van der Waals surface area (Å²) in [6, 6.07) is 9.34. The predicted molar refractivity (Wildman–Crippen MR) is 95.0 cm³/mol. The van der Waals surface area contributed by atoms with Crippen LogP contribution in [0.15, 0.2) is 24.3 Å². The summed E-state index contributed by atoms with van der Waals surface area (Å²) < 4.78 is 29.0. The van der Waals surface area contributed by atoms with Gasteiger partial charge in [-0.3, -0.25) is 4.90 Å². The van der Waals surface area contributed by atoms with Crippen LogP contribution in [0.4, 0.5) is 0 Å². The molecule has 0 radical (unpaired) electrons. The maximum atomic E-state index is 12.3. The molecule has 3 aliphatic rings. The first-order valence-electron chi connectivity index (χ1n) is 9.17. The lowest BCUT2D eigenvalue weighted by molar-refractivity contribution is 0.241. The number of rotatable bonds is 5. The van der Waals surface area contributed by atoms with Crippen LogP contribution in [0.3, 0.4) is 0 Å². The average Bonchev–Trinajstić information content (AvgIpc) is 3.31. The van der Waals surface area contributed by atoms with Crippen LogP contribution < -0.4 is 4.72 Å². The van der Waals surface area contributed by atoms with Gasteiger partial charge in [-0.2, -0.15) is 12.7 Å². The Morgan fingerprint density at radius 1 is 1.04 bits per heavy atom. The van der Waals surface area contributed by atoms with Crippen molar-refractivity contribution in [2.45, 2.75) is 38.1 Å². The highest BCUT2D eigenvalue weighted by Gasteiger charge is 2.33. The van der Waals surface area contributed by atoms with Crippen LogP contribution in [-0.2, 0) is 23.1 Å². The van der Waals surface area contributed by atoms with Crippen LogP contribution >= 0.6 is 0 Å². The summed E-state index contributed by atoms with van der Waals surface area (Å²) in [4.78, 5) is 2.56. The van der Waals surface area contributed by atoms with Crippen molar-refractivity contribution >= 4 is 10.2 Å². The topological polar surface area (TPSA) is 52.7 Å². The Hall–Kier alpha value is -0.950. The van der Waals surface area contributed by atoms with Gasteiger partial charge in [0.2, 0.25) is 0 Å². The van der Waals surface area contributed by atoms with Gasteiger partial charge in [-0.1, -0.05) is 24.3 Å². The van der Waals surface area contributed by atoms with E-state index in [4.69, 9.17) is 0 Å². The van der Waals surface area contributed by atoms with Crippen molar-refractivity contribution < 1.29 is 8.42 Å². The molecule has 1 aliphatic carbocycles. The normalized spacial score (nSPS) is 26.2. The molecule has 132 valence electrons. The van der Waals surface area contributed by atoms with E-state index in [1.54, 1.807) is 4.31 Å². The minimum absolute atomic E-state index is 0.436. The summed E-state index contributed by atoms with van der Waals surface area (Å²) in [5.41, 5.74) is 2.97. The Labute approximate surface area is 145 Å². The Bertz CT molecular complexity index is 660. The molecule has 0 amide bonds. The quantitative estimate of drug-likeness (QED) is 0.874. The molecule has 2 aliphatic heterocycles. The molecule has 2 fully saturated rings. The summed E-state index contributed by atoms with van der Waals surface area (Å²) in [5.74, 6) is 0.436. The van der Waals surface area contributed by atoms with Crippen LogP contribution in [-0.4, -0.2) is 56.4 Å². The fourth-order valence-electron chi connectivity index (χ4n) is 4.40. The van der Waals surface area contributed by atoms with Gasteiger partial charge in [-0.15, -0.1) is 0 Å². The first kappa shape index (κ1) is 16.5. The lowest BCUT2D eigenvalue weighted by Gasteiger charge is -2.24. The van der Waals surface area contributed by atoms with Crippen LogP contribution in [0, 0.1) is 5.92 Å². The summed E-state index contributed by atoms with van der Waals surface area (Å²) in [5, 5.41) is 0. The van der Waals surface area contributed by atoms with Gasteiger partial charge in [0.05, 0.1) is 0 Å². The van der Waals surface area contributed by atoms with Crippen molar-refractivity contribution in [2.75, 3.05) is 32.7 Å². The third kappa shape index (κ3) is 3.38. The second-order valence-electron chi connectivity index (χ2n) is 7.44. The molecule has 1 N–H and O–H groups in total. The second kappa shape index (κ2) is 6.75. The summed E-state index contributed by atoms with van der Waals surface area (Å²) in [6.45, 7) is 4.03. The number of hydrogen-bond acceptors (Lipinski definition) is 3. The van der Waals surface area contributed by atoms with Crippen molar-refractivity contribution in [1.29, 1.82) is 0 Å². The third-order valence-electron chi connectivity index (χ3n) is 5.82. The fourth-order valence-corrected chi connectivity index (χ4v) is 5.77. The van der Waals surface area contributed by atoms with Gasteiger partial charge in [0.15, 0.2) is 0 Å². The minimum atomic E-state index is -3.26. The van der Waals surface area contributed by atoms with Crippen LogP contribution in [0.25, 0.3) is 0 Å². The standard InChI is InChI=1S/C18H27N3O2S/c22-24(23,21-8-3-4-9-21)19-13-15-7-10-20(14-15)18-11-16-5-1-2-6-17(16)12-18/h1-2,5-6,15,18-19H,3-4,7-14H2. The van der Waals surface area contributed by atoms with E-state index >= 15 is 0 Å². The highest BCUT2D eigenvalue weighted by atomic mass is 32.2. The first-order valence-corrected chi connectivity index (χ1v) is 10.6. The van der Waals surface area contributed by atoms with Crippen molar-refractivity contribution in [3.63, 3.8) is 0 Å². The predicted octanol–water partition coefficient (Wildman–Crippen LogP) is 1.41. The molecule has 2 heterocycles. The molecule has 1 atom stereocenters. The number of fused-ring (bicyclic) bond motifs is 1. The lowest BCUT2D eigenvalue weighted by atomic mass is 10.1. The van der Waals surface area contributed by atoms with Crippen LogP contribution in [0.1, 0.15) is 30.4 Å². The third-order valence-corrected chi connectivity index (χ3v) is 7.40. The number of nitrogens with one attached hydrogen (secondary N) is 1. The maximum Gasteiger partial charge on any atom is 0.279 e. The zero-order valence-corrected chi connectivity index (χ0v) is 15.0. The van der Waals surface area contributed by atoms with Gasteiger partial charge in [0.25, 0.3) is 10.2 Å². The first-order chi connectivity index (χ1) is 11.6. The average molecular weight is 350 g/mol. The molecule has 24 heavy (non-hydrogen) atoms. The van der Waals surface area contributed by atoms with E-state index in [1.165, 1.54) is 11.1 Å². The monoisotopic (exact) mass is 349 g/mol. The zero-order chi connectivity index (χ0) is 16.6. The fraction of sp³-hybridized carbons (Fsp3) is 0.667. The molecule has 0 bridgehead atoms. The molecule has 1 aromatic carbocycles. The molecule has 2 saturated heterocycles. The van der Waals surface area contributed by atoms with Crippen LogP contribution in [0.2, 0.25) is 0 Å². The smallest absolute Gasteiger partial charge is 0.279 e. The molecule has 0 saturated carbocycles. The molecule has 5 nitrogen and oxygen atoms in total. The van der Waals surface area contributed by atoms with E-state index in [0.717, 1.165) is 45.2 Å². The highest BCUT2D eigenvalue weighted by Crippen LogP contribution is 2.29. The minimum Gasteiger partial charge on any atom is -0.299 e. The highest BCUT2D eigenvalue weighted by molar-refractivity contribution is 7.87.